The van der Waals surface area contributed by atoms with Gasteiger partial charge in [0.05, 0.1) is 5.02 Å². The van der Waals surface area contributed by atoms with Crippen LogP contribution in [0.2, 0.25) is 5.02 Å². The van der Waals surface area contributed by atoms with E-state index in [9.17, 15) is 18.0 Å². The molecule has 0 radical (unpaired) electrons. The number of rotatable bonds is 8. The maximum Gasteiger partial charge on any atom is 0.233 e. The van der Waals surface area contributed by atoms with Crippen LogP contribution in [0.1, 0.15) is 24.8 Å². The first kappa shape index (κ1) is 23.9. The van der Waals surface area contributed by atoms with E-state index in [0.29, 0.717) is 36.8 Å². The molecule has 32 heavy (non-hydrogen) atoms. The molecule has 1 aromatic carbocycles. The third-order valence-electron chi connectivity index (χ3n) is 5.08. The Morgan fingerprint density at radius 1 is 1.12 bits per heavy atom. The number of hydrogen-bond acceptors (Lipinski definition) is 5. The van der Waals surface area contributed by atoms with Crippen molar-refractivity contribution in [2.45, 2.75) is 19.3 Å². The number of benzene rings is 1. The van der Waals surface area contributed by atoms with E-state index >= 15 is 0 Å². The molecule has 0 unspecified atom stereocenters. The van der Waals surface area contributed by atoms with Crippen molar-refractivity contribution < 1.29 is 18.0 Å². The molecule has 3 rings (SSSR count). The number of amides is 2. The molecule has 0 saturated carbocycles. The number of halogens is 1. The molecule has 2 N–H and O–H groups in total. The van der Waals surface area contributed by atoms with Gasteiger partial charge in [-0.1, -0.05) is 41.9 Å². The molecule has 0 atom stereocenters. The molecule has 10 heteroatoms. The number of pyridine rings is 1. The first-order valence-corrected chi connectivity index (χ1v) is 12.2. The molecular formula is C22H25ClN4O4S. The molecule has 1 aromatic heterocycles. The van der Waals surface area contributed by atoms with E-state index in [1.807, 2.05) is 18.2 Å². The van der Waals surface area contributed by atoms with Crippen molar-refractivity contribution in [1.82, 2.24) is 14.6 Å². The number of piperidine rings is 1. The van der Waals surface area contributed by atoms with E-state index in [4.69, 9.17) is 11.6 Å². The molecule has 1 aliphatic rings. The highest BCUT2D eigenvalue weighted by Crippen LogP contribution is 2.20. The van der Waals surface area contributed by atoms with Crippen LogP contribution in [-0.2, 0) is 19.6 Å². The molecule has 1 fully saturated rings. The fraction of sp³-hybridized carbons (Fsp3) is 0.318. The summed E-state index contributed by atoms with van der Waals surface area (Å²) in [5, 5.41) is 4.34. The van der Waals surface area contributed by atoms with Gasteiger partial charge >= 0.3 is 0 Å². The maximum absolute atomic E-state index is 12.4. The van der Waals surface area contributed by atoms with Gasteiger partial charge in [-0.05, 0) is 36.6 Å². The highest BCUT2D eigenvalue weighted by atomic mass is 35.5. The summed E-state index contributed by atoms with van der Waals surface area (Å²) in [5.41, 5.74) is 0.771. The Labute approximate surface area is 192 Å². The number of carbonyl (C=O) groups excluding carboxylic acids is 2. The van der Waals surface area contributed by atoms with Crippen LogP contribution < -0.4 is 10.0 Å². The topological polar surface area (TPSA) is 108 Å². The van der Waals surface area contributed by atoms with Crippen molar-refractivity contribution in [3.05, 3.63) is 64.7 Å². The van der Waals surface area contributed by atoms with Gasteiger partial charge in [0.25, 0.3) is 0 Å². The van der Waals surface area contributed by atoms with Crippen molar-refractivity contribution in [3.8, 4) is 0 Å². The number of sulfonamides is 1. The van der Waals surface area contributed by atoms with Crippen LogP contribution in [0.3, 0.4) is 0 Å². The maximum atomic E-state index is 12.4. The first-order valence-electron chi connectivity index (χ1n) is 10.3. The van der Waals surface area contributed by atoms with Crippen molar-refractivity contribution in [3.63, 3.8) is 0 Å². The number of hydrogen-bond donors (Lipinski definition) is 2. The zero-order valence-electron chi connectivity index (χ0n) is 17.4. The lowest BCUT2D eigenvalue weighted by Crippen LogP contribution is -2.42. The van der Waals surface area contributed by atoms with E-state index < -0.39 is 10.0 Å². The third-order valence-corrected chi connectivity index (χ3v) is 6.40. The van der Waals surface area contributed by atoms with Gasteiger partial charge in [0.1, 0.15) is 5.82 Å². The lowest BCUT2D eigenvalue weighted by atomic mass is 9.95. The molecule has 0 aliphatic carbocycles. The number of likely N-dealkylation sites (tertiary alicyclic amines) is 1. The largest absolute Gasteiger partial charge is 0.343 e. The lowest BCUT2D eigenvalue weighted by Gasteiger charge is -2.31. The zero-order chi connectivity index (χ0) is 23.0. The van der Waals surface area contributed by atoms with Gasteiger partial charge in [0, 0.05) is 43.6 Å². The van der Waals surface area contributed by atoms with Crippen LogP contribution in [0.4, 0.5) is 5.82 Å². The summed E-state index contributed by atoms with van der Waals surface area (Å²) in [6.07, 6.45) is 4.10. The Morgan fingerprint density at radius 2 is 1.84 bits per heavy atom. The number of anilines is 1. The molecule has 8 nitrogen and oxygen atoms in total. The van der Waals surface area contributed by atoms with Gasteiger partial charge in [0.2, 0.25) is 21.8 Å². The van der Waals surface area contributed by atoms with E-state index in [1.165, 1.54) is 12.3 Å². The Kier molecular flexibility index (Phi) is 8.38. The van der Waals surface area contributed by atoms with E-state index in [-0.39, 0.29) is 30.7 Å². The fourth-order valence-corrected chi connectivity index (χ4v) is 4.24. The number of carbonyl (C=O) groups is 2. The second-order valence-corrected chi connectivity index (χ2v) is 9.50. The minimum Gasteiger partial charge on any atom is -0.343 e. The second kappa shape index (κ2) is 11.2. The van der Waals surface area contributed by atoms with E-state index in [1.54, 1.807) is 29.2 Å². The summed E-state index contributed by atoms with van der Waals surface area (Å²) in [7, 11) is -3.63. The number of nitrogens with one attached hydrogen (secondary N) is 2. The third kappa shape index (κ3) is 7.44. The summed E-state index contributed by atoms with van der Waals surface area (Å²) in [4.78, 5) is 30.5. The van der Waals surface area contributed by atoms with E-state index in [0.717, 1.165) is 11.0 Å². The van der Waals surface area contributed by atoms with Gasteiger partial charge in [-0.25, -0.2) is 18.1 Å². The smallest absolute Gasteiger partial charge is 0.233 e. The SMILES string of the molecule is O=C(Nc1ccc(Cl)cn1)C1CCN(C(=O)CCNS(=O)(=O)C=Cc2ccccc2)CC1. The highest BCUT2D eigenvalue weighted by molar-refractivity contribution is 7.92. The molecule has 0 spiro atoms. The first-order chi connectivity index (χ1) is 15.3. The summed E-state index contributed by atoms with van der Waals surface area (Å²) < 4.78 is 26.6. The van der Waals surface area contributed by atoms with Crippen LogP contribution in [0.15, 0.2) is 54.1 Å². The zero-order valence-corrected chi connectivity index (χ0v) is 19.0. The Balaban J connectivity index is 1.39. The molecule has 2 aromatic rings. The summed E-state index contributed by atoms with van der Waals surface area (Å²) in [6.45, 7) is 0.917. The van der Waals surface area contributed by atoms with Crippen molar-refractivity contribution in [2.24, 2.45) is 5.92 Å². The molecular weight excluding hydrogens is 452 g/mol. The minimum atomic E-state index is -3.63. The van der Waals surface area contributed by atoms with Crippen LogP contribution in [0, 0.1) is 5.92 Å². The number of nitrogens with zero attached hydrogens (tertiary/aromatic N) is 2. The summed E-state index contributed by atoms with van der Waals surface area (Å²) >= 11 is 5.79. The van der Waals surface area contributed by atoms with Crippen molar-refractivity contribution in [2.75, 3.05) is 25.0 Å². The van der Waals surface area contributed by atoms with Crippen LogP contribution in [0.25, 0.3) is 6.08 Å². The van der Waals surface area contributed by atoms with Gasteiger partial charge in [0.15, 0.2) is 0 Å². The van der Waals surface area contributed by atoms with Crippen LogP contribution >= 0.6 is 11.6 Å². The lowest BCUT2D eigenvalue weighted by molar-refractivity contribution is -0.134. The Morgan fingerprint density at radius 3 is 2.50 bits per heavy atom. The van der Waals surface area contributed by atoms with Crippen molar-refractivity contribution >= 4 is 45.3 Å². The highest BCUT2D eigenvalue weighted by Gasteiger charge is 2.27. The van der Waals surface area contributed by atoms with Crippen LogP contribution in [0.5, 0.6) is 0 Å². The van der Waals surface area contributed by atoms with Gasteiger partial charge < -0.3 is 10.2 Å². The summed E-state index contributed by atoms with van der Waals surface area (Å²) in [6, 6.07) is 12.4. The average molecular weight is 477 g/mol. The molecule has 1 aliphatic heterocycles. The number of aromatic nitrogens is 1. The minimum absolute atomic E-state index is 0.0168. The standard InChI is InChI=1S/C22H25ClN4O4S/c23-19-6-7-20(24-16-19)26-22(29)18-9-13-27(14-10-18)21(28)8-12-25-32(30,31)15-11-17-4-2-1-3-5-17/h1-7,11,15-16,18,25H,8-10,12-14H2,(H,24,26,29). The predicted molar refractivity (Wildman–Crippen MR) is 124 cm³/mol. The fourth-order valence-electron chi connectivity index (χ4n) is 3.31. The second-order valence-electron chi connectivity index (χ2n) is 7.41. The summed E-state index contributed by atoms with van der Waals surface area (Å²) in [5.74, 6) is -0.0486. The van der Waals surface area contributed by atoms with Crippen LogP contribution in [-0.4, -0.2) is 49.8 Å². The molecule has 0 bridgehead atoms. The molecule has 2 amide bonds. The Bertz CT molecular complexity index is 1050. The molecule has 2 heterocycles. The monoisotopic (exact) mass is 476 g/mol. The van der Waals surface area contributed by atoms with Gasteiger partial charge in [-0.15, -0.1) is 0 Å². The van der Waals surface area contributed by atoms with Gasteiger partial charge in [-0.2, -0.15) is 0 Å². The Hall–Kier alpha value is -2.75. The average Bonchev–Trinajstić information content (AvgIpc) is 2.80. The quantitative estimate of drug-likeness (QED) is 0.609. The van der Waals surface area contributed by atoms with E-state index in [2.05, 4.69) is 15.0 Å². The van der Waals surface area contributed by atoms with Crippen molar-refractivity contribution in [1.29, 1.82) is 0 Å². The molecule has 1 saturated heterocycles. The predicted octanol–water partition coefficient (Wildman–Crippen LogP) is 2.89. The van der Waals surface area contributed by atoms with Gasteiger partial charge in [-0.3, -0.25) is 9.59 Å². The molecule has 170 valence electrons. The normalized spacial score (nSPS) is 15.1.